The number of esters is 1. The maximum Gasteiger partial charge on any atom is 0.436 e. The van der Waals surface area contributed by atoms with Crippen LogP contribution in [0.3, 0.4) is 0 Å². The van der Waals surface area contributed by atoms with Gasteiger partial charge < -0.3 is 9.16 Å². The van der Waals surface area contributed by atoms with E-state index in [4.69, 9.17) is 20.8 Å². The van der Waals surface area contributed by atoms with Crippen LogP contribution < -0.4 is 0 Å². The summed E-state index contributed by atoms with van der Waals surface area (Å²) in [5.74, 6) is -0.576. The van der Waals surface area contributed by atoms with Gasteiger partial charge in [0, 0.05) is 0 Å². The van der Waals surface area contributed by atoms with Gasteiger partial charge in [0.05, 0.1) is 35.2 Å². The summed E-state index contributed by atoms with van der Waals surface area (Å²) in [7, 11) is -2.27. The van der Waals surface area contributed by atoms with Gasteiger partial charge in [-0.3, -0.25) is 0 Å². The normalized spacial score (nSPS) is 12.9. The predicted molar refractivity (Wildman–Crippen MR) is 112 cm³/mol. The van der Waals surface area contributed by atoms with Gasteiger partial charge in [0.15, 0.2) is 14.0 Å². The van der Waals surface area contributed by atoms with Crippen molar-refractivity contribution in [2.75, 3.05) is 6.61 Å². The number of halogens is 4. The summed E-state index contributed by atoms with van der Waals surface area (Å²) in [5, 5.41) is 3.05. The van der Waals surface area contributed by atoms with Gasteiger partial charge in [-0.25, -0.2) is 9.48 Å². The third-order valence-electron chi connectivity index (χ3n) is 5.16. The number of carbonyl (C=O) groups is 1. The predicted octanol–water partition coefficient (Wildman–Crippen LogP) is 6.24. The summed E-state index contributed by atoms with van der Waals surface area (Å²) in [6.07, 6.45) is -4.73. The first kappa shape index (κ1) is 24.4. The number of alkyl halides is 3. The fourth-order valence-electron chi connectivity index (χ4n) is 2.40. The molecule has 166 valence electrons. The molecule has 0 radical (unpaired) electrons. The van der Waals surface area contributed by atoms with Crippen molar-refractivity contribution in [2.45, 2.75) is 58.6 Å². The lowest BCUT2D eigenvalue weighted by Crippen LogP contribution is -2.40. The highest BCUT2D eigenvalue weighted by Crippen LogP contribution is 2.40. The number of rotatable bonds is 6. The van der Waals surface area contributed by atoms with E-state index < -0.39 is 31.2 Å². The van der Waals surface area contributed by atoms with Crippen LogP contribution in [0.15, 0.2) is 24.3 Å². The molecule has 0 saturated carbocycles. The summed E-state index contributed by atoms with van der Waals surface area (Å²) in [6, 6.07) is 6.02. The Morgan fingerprint density at radius 3 is 2.40 bits per heavy atom. The number of hydrogen-bond donors (Lipinski definition) is 0. The standard InChI is InChI=1S/C20H26ClF3N2O3Si/c1-7-28-18(27)13-9-8-10-14(11-13)26-15(12-29-30(5,6)19(2,3)4)16(21)17(25-26)20(22,23)24/h8-11H,7,12H2,1-6H3. The molecule has 0 bridgehead atoms. The fraction of sp³-hybridized carbons (Fsp3) is 0.500. The molecule has 1 heterocycles. The fourth-order valence-corrected chi connectivity index (χ4v) is 3.61. The van der Waals surface area contributed by atoms with Gasteiger partial charge in [0.25, 0.3) is 0 Å². The lowest BCUT2D eigenvalue weighted by Gasteiger charge is -2.36. The first-order valence-electron chi connectivity index (χ1n) is 9.45. The Labute approximate surface area is 180 Å². The number of benzene rings is 1. The topological polar surface area (TPSA) is 53.4 Å². The number of carbonyl (C=O) groups excluding carboxylic acids is 1. The van der Waals surface area contributed by atoms with Gasteiger partial charge in [-0.05, 0) is 43.3 Å². The van der Waals surface area contributed by atoms with Crippen molar-refractivity contribution in [3.05, 3.63) is 46.2 Å². The Kier molecular flexibility index (Phi) is 7.10. The Morgan fingerprint density at radius 1 is 1.23 bits per heavy atom. The highest BCUT2D eigenvalue weighted by atomic mass is 35.5. The van der Waals surface area contributed by atoms with E-state index in [1.54, 1.807) is 19.1 Å². The minimum absolute atomic E-state index is 0.0785. The van der Waals surface area contributed by atoms with Gasteiger partial charge in [-0.1, -0.05) is 38.4 Å². The van der Waals surface area contributed by atoms with E-state index in [9.17, 15) is 18.0 Å². The molecule has 2 aromatic rings. The second-order valence-corrected chi connectivity index (χ2v) is 13.5. The zero-order chi connectivity index (χ0) is 22.9. The molecule has 2 rings (SSSR count). The molecule has 10 heteroatoms. The first-order chi connectivity index (χ1) is 13.7. The molecule has 0 aliphatic heterocycles. The third-order valence-corrected chi connectivity index (χ3v) is 10.0. The molecule has 0 spiro atoms. The highest BCUT2D eigenvalue weighted by Gasteiger charge is 2.41. The summed E-state index contributed by atoms with van der Waals surface area (Å²) >= 11 is 6.10. The molecule has 0 saturated heterocycles. The van der Waals surface area contributed by atoms with E-state index in [1.165, 1.54) is 12.1 Å². The molecule has 0 fully saturated rings. The van der Waals surface area contributed by atoms with E-state index in [0.29, 0.717) is 0 Å². The summed E-state index contributed by atoms with van der Waals surface area (Å²) in [5.41, 5.74) is -0.660. The van der Waals surface area contributed by atoms with E-state index in [2.05, 4.69) is 5.10 Å². The van der Waals surface area contributed by atoms with Crippen LogP contribution in [-0.2, 0) is 21.9 Å². The Bertz CT molecular complexity index is 921. The van der Waals surface area contributed by atoms with Gasteiger partial charge >= 0.3 is 12.1 Å². The Balaban J connectivity index is 2.54. The summed E-state index contributed by atoms with van der Waals surface area (Å²) in [4.78, 5) is 12.0. The molecule has 0 N–H and O–H groups in total. The molecular formula is C20H26ClF3N2O3Si. The molecule has 5 nitrogen and oxygen atoms in total. The second-order valence-electron chi connectivity index (χ2n) is 8.34. The molecule has 1 aromatic heterocycles. The monoisotopic (exact) mass is 462 g/mol. The van der Waals surface area contributed by atoms with Crippen molar-refractivity contribution in [2.24, 2.45) is 0 Å². The molecule has 1 aromatic carbocycles. The number of ether oxygens (including phenoxy) is 1. The van der Waals surface area contributed by atoms with Crippen LogP contribution in [0.2, 0.25) is 23.2 Å². The van der Waals surface area contributed by atoms with Gasteiger partial charge in [0.2, 0.25) is 0 Å². The van der Waals surface area contributed by atoms with E-state index in [0.717, 1.165) is 4.68 Å². The first-order valence-corrected chi connectivity index (χ1v) is 12.7. The minimum Gasteiger partial charge on any atom is -0.462 e. The molecule has 0 unspecified atom stereocenters. The van der Waals surface area contributed by atoms with Crippen LogP contribution in [0.5, 0.6) is 0 Å². The van der Waals surface area contributed by atoms with Crippen molar-refractivity contribution in [1.82, 2.24) is 9.78 Å². The van der Waals surface area contributed by atoms with Crippen molar-refractivity contribution in [3.8, 4) is 5.69 Å². The van der Waals surface area contributed by atoms with Gasteiger partial charge in [-0.15, -0.1) is 0 Å². The van der Waals surface area contributed by atoms with Crippen LogP contribution in [-0.4, -0.2) is 30.7 Å². The van der Waals surface area contributed by atoms with Crippen LogP contribution in [0.25, 0.3) is 5.69 Å². The zero-order valence-electron chi connectivity index (χ0n) is 17.9. The van der Waals surface area contributed by atoms with Crippen LogP contribution in [0.4, 0.5) is 13.2 Å². The average molecular weight is 463 g/mol. The van der Waals surface area contributed by atoms with Crippen LogP contribution in [0, 0.1) is 0 Å². The highest BCUT2D eigenvalue weighted by molar-refractivity contribution is 6.74. The molecule has 0 atom stereocenters. The lowest BCUT2D eigenvalue weighted by molar-refractivity contribution is -0.141. The van der Waals surface area contributed by atoms with E-state index >= 15 is 0 Å². The maximum absolute atomic E-state index is 13.5. The van der Waals surface area contributed by atoms with Crippen molar-refractivity contribution in [1.29, 1.82) is 0 Å². The van der Waals surface area contributed by atoms with Crippen molar-refractivity contribution in [3.63, 3.8) is 0 Å². The lowest BCUT2D eigenvalue weighted by atomic mass is 10.2. The maximum atomic E-state index is 13.5. The number of hydrogen-bond acceptors (Lipinski definition) is 4. The minimum atomic E-state index is -4.73. The Hall–Kier alpha value is -1.84. The molecule has 30 heavy (non-hydrogen) atoms. The van der Waals surface area contributed by atoms with Crippen molar-refractivity contribution >= 4 is 25.9 Å². The van der Waals surface area contributed by atoms with Gasteiger partial charge in [-0.2, -0.15) is 18.3 Å². The number of nitrogens with zero attached hydrogens (tertiary/aromatic N) is 2. The van der Waals surface area contributed by atoms with E-state index in [-0.39, 0.29) is 35.2 Å². The van der Waals surface area contributed by atoms with Gasteiger partial charge in [0.1, 0.15) is 0 Å². The Morgan fingerprint density at radius 2 is 1.87 bits per heavy atom. The molecular weight excluding hydrogens is 437 g/mol. The largest absolute Gasteiger partial charge is 0.462 e. The quantitative estimate of drug-likeness (QED) is 0.376. The smallest absolute Gasteiger partial charge is 0.436 e. The number of aromatic nitrogens is 2. The molecule has 0 amide bonds. The third kappa shape index (κ3) is 5.25. The molecule has 0 aliphatic carbocycles. The summed E-state index contributed by atoms with van der Waals surface area (Å²) < 4.78 is 52.5. The van der Waals surface area contributed by atoms with E-state index in [1.807, 2.05) is 33.9 Å². The van der Waals surface area contributed by atoms with Crippen molar-refractivity contribution < 1.29 is 27.1 Å². The average Bonchev–Trinajstić information content (AvgIpc) is 2.96. The zero-order valence-corrected chi connectivity index (χ0v) is 19.6. The van der Waals surface area contributed by atoms with Crippen LogP contribution in [0.1, 0.15) is 49.4 Å². The summed E-state index contributed by atoms with van der Waals surface area (Å²) in [6.45, 7) is 11.8. The second kappa shape index (κ2) is 8.72. The van der Waals surface area contributed by atoms with Crippen LogP contribution >= 0.6 is 11.6 Å². The SMILES string of the molecule is CCOC(=O)c1cccc(-n2nc(C(F)(F)F)c(Cl)c2CO[Si](C)(C)C(C)(C)C)c1. The molecule has 0 aliphatic rings.